The quantitative estimate of drug-likeness (QED) is 0.880. The fourth-order valence-electron chi connectivity index (χ4n) is 2.39. The van der Waals surface area contributed by atoms with E-state index in [0.29, 0.717) is 12.5 Å². The lowest BCUT2D eigenvalue weighted by Crippen LogP contribution is -2.19. The number of aryl methyl sites for hydroxylation is 1. The molecule has 1 heterocycles. The standard InChI is InChI=1S/C16H23N3O/c1-10(2)14(9-17)16-18-11(3)15(19-16)12-5-7-13(20-4)8-6-12/h5-8,10,14H,9,17H2,1-4H3,(H,18,19). The molecular weight excluding hydrogens is 250 g/mol. The largest absolute Gasteiger partial charge is 0.497 e. The van der Waals surface area contributed by atoms with Crippen molar-refractivity contribution in [3.63, 3.8) is 0 Å². The summed E-state index contributed by atoms with van der Waals surface area (Å²) < 4.78 is 5.18. The van der Waals surface area contributed by atoms with Crippen molar-refractivity contribution in [3.8, 4) is 17.0 Å². The number of aromatic nitrogens is 2. The van der Waals surface area contributed by atoms with E-state index in [1.165, 1.54) is 0 Å². The Labute approximate surface area is 120 Å². The molecule has 0 aliphatic heterocycles. The molecule has 0 aliphatic rings. The number of nitrogens with zero attached hydrogens (tertiary/aromatic N) is 1. The van der Waals surface area contributed by atoms with Crippen molar-refractivity contribution in [1.82, 2.24) is 9.97 Å². The molecule has 1 aromatic carbocycles. The lowest BCUT2D eigenvalue weighted by Gasteiger charge is -2.15. The number of benzene rings is 1. The number of hydrogen-bond donors (Lipinski definition) is 2. The topological polar surface area (TPSA) is 63.9 Å². The van der Waals surface area contributed by atoms with Crippen molar-refractivity contribution < 1.29 is 4.74 Å². The van der Waals surface area contributed by atoms with Crippen LogP contribution in [0.2, 0.25) is 0 Å². The third-order valence-corrected chi connectivity index (χ3v) is 3.68. The highest BCUT2D eigenvalue weighted by atomic mass is 16.5. The molecule has 0 amide bonds. The number of rotatable bonds is 5. The monoisotopic (exact) mass is 273 g/mol. The maximum absolute atomic E-state index is 5.87. The first kappa shape index (κ1) is 14.6. The van der Waals surface area contributed by atoms with Gasteiger partial charge in [-0.25, -0.2) is 4.98 Å². The summed E-state index contributed by atoms with van der Waals surface area (Å²) in [6, 6.07) is 7.95. The minimum Gasteiger partial charge on any atom is -0.497 e. The first-order valence-electron chi connectivity index (χ1n) is 6.97. The average Bonchev–Trinajstić information content (AvgIpc) is 2.81. The predicted molar refractivity (Wildman–Crippen MR) is 81.9 cm³/mol. The minimum atomic E-state index is 0.265. The average molecular weight is 273 g/mol. The molecule has 4 heteroatoms. The summed E-state index contributed by atoms with van der Waals surface area (Å²) in [4.78, 5) is 8.13. The number of imidazole rings is 1. The van der Waals surface area contributed by atoms with Crippen molar-refractivity contribution >= 4 is 0 Å². The first-order valence-corrected chi connectivity index (χ1v) is 6.97. The fourth-order valence-corrected chi connectivity index (χ4v) is 2.39. The summed E-state index contributed by atoms with van der Waals surface area (Å²) in [6.07, 6.45) is 0. The van der Waals surface area contributed by atoms with Crippen LogP contribution in [0.5, 0.6) is 5.75 Å². The second-order valence-electron chi connectivity index (χ2n) is 5.41. The Bertz CT molecular complexity index is 558. The van der Waals surface area contributed by atoms with Gasteiger partial charge in [0.15, 0.2) is 0 Å². The van der Waals surface area contributed by atoms with Gasteiger partial charge in [-0.15, -0.1) is 0 Å². The van der Waals surface area contributed by atoms with Gasteiger partial charge in [-0.3, -0.25) is 0 Å². The Hall–Kier alpha value is -1.81. The summed E-state index contributed by atoms with van der Waals surface area (Å²) in [5.41, 5.74) is 9.01. The summed E-state index contributed by atoms with van der Waals surface area (Å²) in [5, 5.41) is 0. The maximum Gasteiger partial charge on any atom is 0.118 e. The van der Waals surface area contributed by atoms with Gasteiger partial charge in [-0.2, -0.15) is 0 Å². The highest BCUT2D eigenvalue weighted by molar-refractivity contribution is 5.62. The van der Waals surface area contributed by atoms with Crippen LogP contribution in [-0.4, -0.2) is 23.6 Å². The van der Waals surface area contributed by atoms with Gasteiger partial charge in [-0.05, 0) is 37.1 Å². The summed E-state index contributed by atoms with van der Waals surface area (Å²) in [5.74, 6) is 2.56. The van der Waals surface area contributed by atoms with Crippen LogP contribution in [0.15, 0.2) is 24.3 Å². The summed E-state index contributed by atoms with van der Waals surface area (Å²) in [6.45, 7) is 6.99. The second-order valence-corrected chi connectivity index (χ2v) is 5.41. The molecule has 0 bridgehead atoms. The zero-order chi connectivity index (χ0) is 14.7. The number of methoxy groups -OCH3 is 1. The molecule has 2 aromatic rings. The Morgan fingerprint density at radius 2 is 1.90 bits per heavy atom. The van der Waals surface area contributed by atoms with Gasteiger partial charge < -0.3 is 15.5 Å². The van der Waals surface area contributed by atoms with E-state index in [9.17, 15) is 0 Å². The van der Waals surface area contributed by atoms with Crippen molar-refractivity contribution in [2.75, 3.05) is 13.7 Å². The van der Waals surface area contributed by atoms with Crippen LogP contribution in [0.3, 0.4) is 0 Å². The molecule has 4 nitrogen and oxygen atoms in total. The molecule has 2 rings (SSSR count). The van der Waals surface area contributed by atoms with Gasteiger partial charge in [-0.1, -0.05) is 13.8 Å². The van der Waals surface area contributed by atoms with Crippen molar-refractivity contribution in [1.29, 1.82) is 0 Å². The van der Waals surface area contributed by atoms with Crippen molar-refractivity contribution in [2.24, 2.45) is 11.7 Å². The van der Waals surface area contributed by atoms with Gasteiger partial charge in [0.1, 0.15) is 11.6 Å². The van der Waals surface area contributed by atoms with Crippen molar-refractivity contribution in [2.45, 2.75) is 26.7 Å². The molecular formula is C16H23N3O. The number of hydrogen-bond acceptors (Lipinski definition) is 3. The minimum absolute atomic E-state index is 0.265. The number of aromatic amines is 1. The smallest absolute Gasteiger partial charge is 0.118 e. The lowest BCUT2D eigenvalue weighted by atomic mass is 9.95. The Kier molecular flexibility index (Phi) is 4.45. The zero-order valence-corrected chi connectivity index (χ0v) is 12.6. The SMILES string of the molecule is COc1ccc(-c2nc(C(CN)C(C)C)[nH]c2C)cc1. The molecule has 1 unspecified atom stereocenters. The van der Waals surface area contributed by atoms with Gasteiger partial charge in [0, 0.05) is 23.7 Å². The van der Waals surface area contributed by atoms with Crippen LogP contribution in [0.4, 0.5) is 0 Å². The third-order valence-electron chi connectivity index (χ3n) is 3.68. The fraction of sp³-hybridized carbons (Fsp3) is 0.438. The van der Waals surface area contributed by atoms with E-state index in [4.69, 9.17) is 15.5 Å². The first-order chi connectivity index (χ1) is 9.56. The van der Waals surface area contributed by atoms with Crippen LogP contribution in [0.1, 0.15) is 31.3 Å². The van der Waals surface area contributed by atoms with E-state index >= 15 is 0 Å². The Morgan fingerprint density at radius 3 is 2.40 bits per heavy atom. The van der Waals surface area contributed by atoms with Gasteiger partial charge in [0.2, 0.25) is 0 Å². The van der Waals surface area contributed by atoms with Crippen LogP contribution in [0, 0.1) is 12.8 Å². The molecule has 0 fully saturated rings. The number of ether oxygens (including phenoxy) is 1. The molecule has 1 aromatic heterocycles. The van der Waals surface area contributed by atoms with E-state index in [1.807, 2.05) is 31.2 Å². The summed E-state index contributed by atoms with van der Waals surface area (Å²) >= 11 is 0. The summed E-state index contributed by atoms with van der Waals surface area (Å²) in [7, 11) is 1.67. The molecule has 0 spiro atoms. The van der Waals surface area contributed by atoms with Crippen LogP contribution in [0.25, 0.3) is 11.3 Å². The Balaban J connectivity index is 2.35. The second kappa shape index (κ2) is 6.09. The van der Waals surface area contributed by atoms with Gasteiger partial charge in [0.05, 0.1) is 12.8 Å². The number of nitrogens with one attached hydrogen (secondary N) is 1. The number of H-pyrrole nitrogens is 1. The molecule has 0 saturated carbocycles. The van der Waals surface area contributed by atoms with E-state index in [-0.39, 0.29) is 5.92 Å². The van der Waals surface area contributed by atoms with E-state index in [0.717, 1.165) is 28.5 Å². The van der Waals surface area contributed by atoms with Gasteiger partial charge >= 0.3 is 0 Å². The highest BCUT2D eigenvalue weighted by Crippen LogP contribution is 2.28. The third kappa shape index (κ3) is 2.85. The number of nitrogens with two attached hydrogens (primary N) is 1. The molecule has 20 heavy (non-hydrogen) atoms. The normalized spacial score (nSPS) is 12.7. The zero-order valence-electron chi connectivity index (χ0n) is 12.6. The molecule has 3 N–H and O–H groups in total. The molecule has 108 valence electrons. The lowest BCUT2D eigenvalue weighted by molar-refractivity contribution is 0.415. The maximum atomic E-state index is 5.87. The molecule has 0 saturated heterocycles. The van der Waals surface area contributed by atoms with Crippen LogP contribution in [-0.2, 0) is 0 Å². The van der Waals surface area contributed by atoms with Gasteiger partial charge in [0.25, 0.3) is 0 Å². The van der Waals surface area contributed by atoms with Crippen LogP contribution >= 0.6 is 0 Å². The molecule has 0 radical (unpaired) electrons. The molecule has 0 aliphatic carbocycles. The van der Waals surface area contributed by atoms with E-state index < -0.39 is 0 Å². The molecule has 1 atom stereocenters. The Morgan fingerprint density at radius 1 is 1.25 bits per heavy atom. The van der Waals surface area contributed by atoms with Crippen molar-refractivity contribution in [3.05, 3.63) is 35.8 Å². The van der Waals surface area contributed by atoms with E-state index in [2.05, 4.69) is 18.8 Å². The highest BCUT2D eigenvalue weighted by Gasteiger charge is 2.19. The predicted octanol–water partition coefficient (Wildman–Crippen LogP) is 3.09. The van der Waals surface area contributed by atoms with Crippen LogP contribution < -0.4 is 10.5 Å². The van der Waals surface area contributed by atoms with E-state index in [1.54, 1.807) is 7.11 Å².